The van der Waals surface area contributed by atoms with E-state index in [4.69, 9.17) is 10.2 Å². The number of hydrogen-bond acceptors (Lipinski definition) is 4. The average Bonchev–Trinajstić information content (AvgIpc) is 3.84. The number of rotatable bonds is 7. The van der Waals surface area contributed by atoms with Gasteiger partial charge in [0, 0.05) is 64.0 Å². The molecule has 0 atom stereocenters. The van der Waals surface area contributed by atoms with Crippen LogP contribution in [0, 0.1) is 27.7 Å². The highest BCUT2D eigenvalue weighted by Crippen LogP contribution is 2.49. The first-order chi connectivity index (χ1) is 32.4. The van der Waals surface area contributed by atoms with Crippen molar-refractivity contribution in [3.05, 3.63) is 217 Å². The molecule has 4 heterocycles. The van der Waals surface area contributed by atoms with Crippen LogP contribution in [0.4, 0.5) is 0 Å². The van der Waals surface area contributed by atoms with E-state index in [1.165, 1.54) is 60.0 Å². The minimum atomic E-state index is 0.981. The fourth-order valence-electron chi connectivity index (χ4n) is 10.6. The predicted octanol–water partition coefficient (Wildman–Crippen LogP) is 15.0. The van der Waals surface area contributed by atoms with Crippen LogP contribution in [0.3, 0.4) is 0 Å². The number of pyridine rings is 2. The monoisotopic (exact) mass is 848 g/mol. The van der Waals surface area contributed by atoms with Crippen molar-refractivity contribution in [1.82, 2.24) is 29.5 Å². The lowest BCUT2D eigenvalue weighted by Crippen LogP contribution is -1.99. The maximum atomic E-state index is 5.19. The molecule has 0 radical (unpaired) electrons. The number of aromatic nitrogens is 6. The Kier molecular flexibility index (Phi) is 9.28. The molecule has 6 heteroatoms. The van der Waals surface area contributed by atoms with Gasteiger partial charge in [-0.1, -0.05) is 115 Å². The SMILES string of the molecule is Cc1nn(-c2ccccc2)c(C)c1-c1c2ccccc2c(-c2ccncc2)c2ccc(-c3ccc4c(-c5cccnc5)c5ccccc5c(-c5c(C)nn(-c6ccccc6)c5C)c4c3)cc12. The third-order valence-electron chi connectivity index (χ3n) is 13.4. The first-order valence-electron chi connectivity index (χ1n) is 22.5. The molecule has 4 aromatic heterocycles. The highest BCUT2D eigenvalue weighted by atomic mass is 15.3. The first-order valence-corrected chi connectivity index (χ1v) is 22.5. The van der Waals surface area contributed by atoms with Gasteiger partial charge in [-0.05, 0) is 153 Å². The summed E-state index contributed by atoms with van der Waals surface area (Å²) >= 11 is 0. The summed E-state index contributed by atoms with van der Waals surface area (Å²) in [6, 6.07) is 61.0. The van der Waals surface area contributed by atoms with Crippen LogP contribution in [0.5, 0.6) is 0 Å². The van der Waals surface area contributed by atoms with Gasteiger partial charge in [-0.15, -0.1) is 0 Å². The number of benzene rings is 8. The van der Waals surface area contributed by atoms with Gasteiger partial charge in [0.1, 0.15) is 0 Å². The van der Waals surface area contributed by atoms with E-state index < -0.39 is 0 Å². The average molecular weight is 849 g/mol. The Labute approximate surface area is 383 Å². The van der Waals surface area contributed by atoms with Crippen molar-refractivity contribution in [2.75, 3.05) is 0 Å². The van der Waals surface area contributed by atoms with E-state index in [-0.39, 0.29) is 0 Å². The molecule has 0 saturated heterocycles. The zero-order valence-electron chi connectivity index (χ0n) is 37.2. The number of para-hydroxylation sites is 2. The summed E-state index contributed by atoms with van der Waals surface area (Å²) in [5.41, 5.74) is 17.7. The fraction of sp³-hybridized carbons (Fsp3) is 0.0667. The number of nitrogens with zero attached hydrogens (tertiary/aromatic N) is 6. The Balaban J connectivity index is 1.17. The first kappa shape index (κ1) is 39.1. The van der Waals surface area contributed by atoms with Crippen LogP contribution < -0.4 is 0 Å². The third-order valence-corrected chi connectivity index (χ3v) is 13.4. The smallest absolute Gasteiger partial charge is 0.0679 e. The lowest BCUT2D eigenvalue weighted by molar-refractivity contribution is 0.834. The number of hydrogen-bond donors (Lipinski definition) is 0. The molecule has 12 aromatic rings. The zero-order chi connectivity index (χ0) is 44.5. The molecule has 0 aliphatic carbocycles. The summed E-state index contributed by atoms with van der Waals surface area (Å²) in [5, 5.41) is 19.8. The quantitative estimate of drug-likeness (QED) is 0.150. The molecule has 0 amide bonds. The van der Waals surface area contributed by atoms with Crippen molar-refractivity contribution < 1.29 is 0 Å². The van der Waals surface area contributed by atoms with E-state index in [9.17, 15) is 0 Å². The summed E-state index contributed by atoms with van der Waals surface area (Å²) in [6.45, 7) is 8.67. The Morgan fingerprint density at radius 3 is 1.18 bits per heavy atom. The van der Waals surface area contributed by atoms with Crippen LogP contribution in [-0.2, 0) is 0 Å². The lowest BCUT2D eigenvalue weighted by Gasteiger charge is -2.20. The largest absolute Gasteiger partial charge is 0.265 e. The second kappa shape index (κ2) is 15.6. The van der Waals surface area contributed by atoms with Gasteiger partial charge in [0.25, 0.3) is 0 Å². The summed E-state index contributed by atoms with van der Waals surface area (Å²) in [4.78, 5) is 9.02. The summed E-state index contributed by atoms with van der Waals surface area (Å²) in [6.07, 6.45) is 7.61. The van der Waals surface area contributed by atoms with Crippen molar-refractivity contribution in [2.24, 2.45) is 0 Å². The van der Waals surface area contributed by atoms with Gasteiger partial charge in [-0.25, -0.2) is 9.36 Å². The third kappa shape index (κ3) is 6.17. The molecule has 66 heavy (non-hydrogen) atoms. The minimum Gasteiger partial charge on any atom is -0.265 e. The maximum Gasteiger partial charge on any atom is 0.0679 e. The van der Waals surface area contributed by atoms with Gasteiger partial charge in [0.05, 0.1) is 22.8 Å². The van der Waals surface area contributed by atoms with E-state index >= 15 is 0 Å². The minimum absolute atomic E-state index is 0.981. The van der Waals surface area contributed by atoms with Gasteiger partial charge in [-0.3, -0.25) is 9.97 Å². The molecule has 0 N–H and O–H groups in total. The Bertz CT molecular complexity index is 3580. The molecular weight excluding hydrogens is 805 g/mol. The van der Waals surface area contributed by atoms with Crippen LogP contribution in [-0.4, -0.2) is 29.5 Å². The van der Waals surface area contributed by atoms with E-state index in [0.29, 0.717) is 0 Å². The van der Waals surface area contributed by atoms with Crippen molar-refractivity contribution in [1.29, 1.82) is 0 Å². The predicted molar refractivity (Wildman–Crippen MR) is 272 cm³/mol. The van der Waals surface area contributed by atoms with Crippen molar-refractivity contribution in [2.45, 2.75) is 27.7 Å². The Hall–Kier alpha value is -8.48. The van der Waals surface area contributed by atoms with E-state index in [2.05, 4.69) is 199 Å². The van der Waals surface area contributed by atoms with Crippen molar-refractivity contribution >= 4 is 43.1 Å². The van der Waals surface area contributed by atoms with Gasteiger partial charge in [-0.2, -0.15) is 10.2 Å². The molecular formula is C60H44N6. The summed E-state index contributed by atoms with van der Waals surface area (Å²) < 4.78 is 4.18. The molecule has 12 rings (SSSR count). The van der Waals surface area contributed by atoms with Crippen LogP contribution in [0.2, 0.25) is 0 Å². The molecule has 8 aromatic carbocycles. The van der Waals surface area contributed by atoms with Gasteiger partial charge in [0.15, 0.2) is 0 Å². The fourth-order valence-corrected chi connectivity index (χ4v) is 10.6. The van der Waals surface area contributed by atoms with E-state index in [1.54, 1.807) is 0 Å². The molecule has 0 aliphatic heterocycles. The highest BCUT2D eigenvalue weighted by Gasteiger charge is 2.25. The van der Waals surface area contributed by atoms with E-state index in [1.807, 2.05) is 43.0 Å². The molecule has 0 aliphatic rings. The normalized spacial score (nSPS) is 11.6. The van der Waals surface area contributed by atoms with Gasteiger partial charge >= 0.3 is 0 Å². The maximum absolute atomic E-state index is 5.19. The van der Waals surface area contributed by atoms with Gasteiger partial charge in [0.2, 0.25) is 0 Å². The Morgan fingerprint density at radius 2 is 0.727 bits per heavy atom. The molecule has 0 fully saturated rings. The molecule has 0 saturated carbocycles. The van der Waals surface area contributed by atoms with Crippen LogP contribution in [0.15, 0.2) is 195 Å². The second-order valence-electron chi connectivity index (χ2n) is 17.2. The number of fused-ring (bicyclic) bond motifs is 4. The van der Waals surface area contributed by atoms with Crippen molar-refractivity contribution in [3.8, 4) is 67.0 Å². The zero-order valence-corrected chi connectivity index (χ0v) is 37.2. The molecule has 0 unspecified atom stereocenters. The van der Waals surface area contributed by atoms with Crippen molar-refractivity contribution in [3.63, 3.8) is 0 Å². The molecule has 6 nitrogen and oxygen atoms in total. The Morgan fingerprint density at radius 1 is 0.303 bits per heavy atom. The summed E-state index contributed by atoms with van der Waals surface area (Å²) in [7, 11) is 0. The summed E-state index contributed by atoms with van der Waals surface area (Å²) in [5.74, 6) is 0. The van der Waals surface area contributed by atoms with Crippen LogP contribution in [0.1, 0.15) is 22.8 Å². The second-order valence-corrected chi connectivity index (χ2v) is 17.2. The number of aryl methyl sites for hydroxylation is 2. The lowest BCUT2D eigenvalue weighted by atomic mass is 9.83. The van der Waals surface area contributed by atoms with Crippen LogP contribution >= 0.6 is 0 Å². The molecule has 314 valence electrons. The highest BCUT2D eigenvalue weighted by molar-refractivity contribution is 6.24. The molecule has 0 spiro atoms. The standard InChI is InChI=1S/C60H44N6/c1-37-55(39(3)65(63-37)45-17-7-5-8-18-45)59-49-23-13-11-21-47(49)57(41-29-32-61-33-30-41)51-27-25-42(34-53(51)59)43-26-28-52-54(35-43)60(56-38(2)64-66(40(56)4)46-19-9-6-10-20-46)50-24-14-12-22-48(50)58(52)44-16-15-31-62-36-44/h5-36H,1-4H3. The van der Waals surface area contributed by atoms with Crippen LogP contribution in [0.25, 0.3) is 110 Å². The van der Waals surface area contributed by atoms with E-state index in [0.717, 1.165) is 72.9 Å². The molecule has 0 bridgehead atoms. The van der Waals surface area contributed by atoms with Gasteiger partial charge < -0.3 is 0 Å². The topological polar surface area (TPSA) is 61.4 Å².